The average molecular weight is 338 g/mol. The largest absolute Gasteiger partial charge is 0.338 e. The summed E-state index contributed by atoms with van der Waals surface area (Å²) in [6, 6.07) is 9.71. The van der Waals surface area contributed by atoms with Crippen LogP contribution in [-0.2, 0) is 18.4 Å². The van der Waals surface area contributed by atoms with Gasteiger partial charge in [0, 0.05) is 12.3 Å². The van der Waals surface area contributed by atoms with Crippen LogP contribution in [0.1, 0.15) is 51.3 Å². The van der Waals surface area contributed by atoms with Crippen LogP contribution >= 0.6 is 7.60 Å². The van der Waals surface area contributed by atoms with E-state index in [9.17, 15) is 9.36 Å². The molecule has 1 aromatic carbocycles. The van der Waals surface area contributed by atoms with Gasteiger partial charge in [0.05, 0.1) is 18.9 Å². The second kappa shape index (κ2) is 8.23. The summed E-state index contributed by atoms with van der Waals surface area (Å²) in [7, 11) is -3.34. The van der Waals surface area contributed by atoms with Gasteiger partial charge in [-0.1, -0.05) is 37.3 Å². The monoisotopic (exact) mass is 338 g/mol. The lowest BCUT2D eigenvalue weighted by Crippen LogP contribution is -2.31. The molecule has 1 saturated carbocycles. The van der Waals surface area contributed by atoms with Crippen LogP contribution in [0.25, 0.3) is 0 Å². The summed E-state index contributed by atoms with van der Waals surface area (Å²) in [5.74, 6) is 0.118. The predicted molar refractivity (Wildman–Crippen MR) is 91.6 cm³/mol. The number of carbonyl (C=O) groups is 1. The van der Waals surface area contributed by atoms with E-state index in [1.807, 2.05) is 51.1 Å². The average Bonchev–Trinajstić information content (AvgIpc) is 2.53. The van der Waals surface area contributed by atoms with Crippen LogP contribution < -0.4 is 0 Å². The van der Waals surface area contributed by atoms with E-state index in [4.69, 9.17) is 9.05 Å². The second-order valence-corrected chi connectivity index (χ2v) is 8.19. The summed E-state index contributed by atoms with van der Waals surface area (Å²) >= 11 is 0. The van der Waals surface area contributed by atoms with Gasteiger partial charge < -0.3 is 9.05 Å². The van der Waals surface area contributed by atoms with E-state index < -0.39 is 7.60 Å². The minimum Gasteiger partial charge on any atom is -0.308 e. The van der Waals surface area contributed by atoms with Gasteiger partial charge in [-0.3, -0.25) is 9.36 Å². The zero-order valence-corrected chi connectivity index (χ0v) is 15.1. The topological polar surface area (TPSA) is 52.6 Å². The van der Waals surface area contributed by atoms with E-state index in [0.717, 1.165) is 18.4 Å². The maximum atomic E-state index is 13.5. The molecule has 0 bridgehead atoms. The Morgan fingerprint density at radius 3 is 2.35 bits per heavy atom. The maximum Gasteiger partial charge on any atom is 0.338 e. The van der Waals surface area contributed by atoms with Gasteiger partial charge in [-0.05, 0) is 38.2 Å². The third-order valence-corrected chi connectivity index (χ3v) is 7.21. The number of hydrogen-bond acceptors (Lipinski definition) is 4. The van der Waals surface area contributed by atoms with Crippen molar-refractivity contribution in [3.05, 3.63) is 35.9 Å². The Bertz CT molecular complexity index is 547. The molecule has 5 heteroatoms. The van der Waals surface area contributed by atoms with Crippen molar-refractivity contribution < 1.29 is 18.4 Å². The molecule has 1 aromatic rings. The van der Waals surface area contributed by atoms with E-state index in [-0.39, 0.29) is 23.3 Å². The van der Waals surface area contributed by atoms with Crippen molar-refractivity contribution in [2.45, 2.75) is 45.7 Å². The molecule has 0 aromatic heterocycles. The predicted octanol–water partition coefficient (Wildman–Crippen LogP) is 5.00. The van der Waals surface area contributed by atoms with Gasteiger partial charge in [-0.2, -0.15) is 0 Å². The van der Waals surface area contributed by atoms with Gasteiger partial charge in [0.1, 0.15) is 5.78 Å². The third-order valence-electron chi connectivity index (χ3n) is 4.62. The van der Waals surface area contributed by atoms with Crippen molar-refractivity contribution in [2.24, 2.45) is 11.8 Å². The molecule has 0 heterocycles. The standard InChI is InChI=1S/C18H27O4P/c1-4-21-23(20,22-5-2)18(15-10-7-6-8-11-15)16-12-9-13-17(19)14(16)3/h6-8,10-11,14,16,18H,4-5,9,12-13H2,1-3H3. The number of hydrogen-bond donors (Lipinski definition) is 0. The van der Waals surface area contributed by atoms with Crippen molar-refractivity contribution in [1.82, 2.24) is 0 Å². The minimum absolute atomic E-state index is 0.0115. The van der Waals surface area contributed by atoms with Gasteiger partial charge in [0.25, 0.3) is 0 Å². The fourth-order valence-corrected chi connectivity index (χ4v) is 6.06. The SMILES string of the molecule is CCOP(=O)(OCC)C(c1ccccc1)C1CCCC(=O)C1C. The fraction of sp³-hybridized carbons (Fsp3) is 0.611. The Morgan fingerprint density at radius 2 is 1.78 bits per heavy atom. The Balaban J connectivity index is 2.47. The summed E-state index contributed by atoms with van der Waals surface area (Å²) < 4.78 is 24.8. The van der Waals surface area contributed by atoms with Crippen LogP contribution in [0.5, 0.6) is 0 Å². The maximum absolute atomic E-state index is 13.5. The molecule has 0 N–H and O–H groups in total. The first kappa shape index (κ1) is 18.4. The molecule has 0 aliphatic heterocycles. The van der Waals surface area contributed by atoms with Crippen molar-refractivity contribution in [1.29, 1.82) is 0 Å². The highest BCUT2D eigenvalue weighted by molar-refractivity contribution is 7.54. The van der Waals surface area contributed by atoms with Crippen LogP contribution in [0.15, 0.2) is 30.3 Å². The van der Waals surface area contributed by atoms with Crippen LogP contribution in [0.4, 0.5) is 0 Å². The highest BCUT2D eigenvalue weighted by Crippen LogP contribution is 2.66. The summed E-state index contributed by atoms with van der Waals surface area (Å²) in [5.41, 5.74) is 0.548. The molecule has 1 aliphatic carbocycles. The van der Waals surface area contributed by atoms with Crippen LogP contribution in [0.2, 0.25) is 0 Å². The molecule has 3 atom stereocenters. The van der Waals surface area contributed by atoms with E-state index in [1.54, 1.807) is 0 Å². The Labute approximate surface area is 139 Å². The first-order valence-electron chi connectivity index (χ1n) is 8.50. The van der Waals surface area contributed by atoms with Gasteiger partial charge in [-0.15, -0.1) is 0 Å². The van der Waals surface area contributed by atoms with E-state index in [1.165, 1.54) is 0 Å². The lowest BCUT2D eigenvalue weighted by Gasteiger charge is -2.37. The normalized spacial score (nSPS) is 23.7. The summed E-state index contributed by atoms with van der Waals surface area (Å²) in [4.78, 5) is 12.2. The molecule has 0 radical (unpaired) electrons. The van der Waals surface area contributed by atoms with Crippen molar-refractivity contribution in [2.75, 3.05) is 13.2 Å². The molecule has 0 amide bonds. The van der Waals surface area contributed by atoms with E-state index in [2.05, 4.69) is 0 Å². The second-order valence-electron chi connectivity index (χ2n) is 6.04. The summed E-state index contributed by atoms with van der Waals surface area (Å²) in [5, 5.41) is 0. The highest BCUT2D eigenvalue weighted by Gasteiger charge is 2.46. The first-order valence-corrected chi connectivity index (χ1v) is 10.1. The minimum atomic E-state index is -3.34. The molecule has 3 unspecified atom stereocenters. The lowest BCUT2D eigenvalue weighted by molar-refractivity contribution is -0.126. The van der Waals surface area contributed by atoms with E-state index >= 15 is 0 Å². The Kier molecular flexibility index (Phi) is 6.58. The third kappa shape index (κ3) is 4.12. The van der Waals surface area contributed by atoms with Crippen LogP contribution in [0.3, 0.4) is 0 Å². The van der Waals surface area contributed by atoms with Crippen LogP contribution in [-0.4, -0.2) is 19.0 Å². The zero-order chi connectivity index (χ0) is 16.9. The number of Topliss-reactive ketones (excluding diaryl/α,β-unsaturated/α-hetero) is 1. The van der Waals surface area contributed by atoms with Crippen LogP contribution in [0, 0.1) is 11.8 Å². The summed E-state index contributed by atoms with van der Waals surface area (Å²) in [6.07, 6.45) is 2.33. The number of benzene rings is 1. The molecule has 1 aliphatic rings. The molecule has 2 rings (SSSR count). The van der Waals surface area contributed by atoms with E-state index in [0.29, 0.717) is 19.6 Å². The highest BCUT2D eigenvalue weighted by atomic mass is 31.2. The molecule has 1 fully saturated rings. The molecule has 0 saturated heterocycles. The van der Waals surface area contributed by atoms with Gasteiger partial charge >= 0.3 is 7.60 Å². The molecule has 4 nitrogen and oxygen atoms in total. The number of rotatable bonds is 7. The Hall–Kier alpha value is -0.960. The first-order chi connectivity index (χ1) is 11.0. The van der Waals surface area contributed by atoms with Gasteiger partial charge in [-0.25, -0.2) is 0 Å². The molecular weight excluding hydrogens is 311 g/mol. The molecular formula is C18H27O4P. The lowest BCUT2D eigenvalue weighted by atomic mass is 9.76. The molecule has 0 spiro atoms. The molecule has 128 valence electrons. The summed E-state index contributed by atoms with van der Waals surface area (Å²) in [6.45, 7) is 6.25. The fourth-order valence-electron chi connectivity index (χ4n) is 3.53. The smallest absolute Gasteiger partial charge is 0.308 e. The van der Waals surface area contributed by atoms with Gasteiger partial charge in [0.2, 0.25) is 0 Å². The van der Waals surface area contributed by atoms with Crippen molar-refractivity contribution in [3.63, 3.8) is 0 Å². The Morgan fingerprint density at radius 1 is 1.17 bits per heavy atom. The number of ketones is 1. The number of carbonyl (C=O) groups excluding carboxylic acids is 1. The van der Waals surface area contributed by atoms with Crippen molar-refractivity contribution >= 4 is 13.4 Å². The molecule has 23 heavy (non-hydrogen) atoms. The zero-order valence-electron chi connectivity index (χ0n) is 14.2. The van der Waals surface area contributed by atoms with Crippen molar-refractivity contribution in [3.8, 4) is 0 Å². The quantitative estimate of drug-likeness (QED) is 0.657. The van der Waals surface area contributed by atoms with Gasteiger partial charge in [0.15, 0.2) is 0 Å².